The molecule has 94 valence electrons. The number of fused-ring (bicyclic) bond motifs is 1. The number of Topliss-reactive ketones (excluding diaryl/α,β-unsaturated/α-hetero) is 2. The number of hydrogen-bond donors (Lipinski definition) is 0. The van der Waals surface area contributed by atoms with E-state index in [1.165, 1.54) is 0 Å². The summed E-state index contributed by atoms with van der Waals surface area (Å²) in [6.45, 7) is 0. The number of hydrogen-bond acceptors (Lipinski definition) is 2. The summed E-state index contributed by atoms with van der Waals surface area (Å²) in [7, 11) is 0. The van der Waals surface area contributed by atoms with E-state index < -0.39 is 5.92 Å². The Bertz CT molecular complexity index is 629. The summed E-state index contributed by atoms with van der Waals surface area (Å²) in [5.74, 6) is -0.669. The van der Waals surface area contributed by atoms with Crippen LogP contribution in [0, 0.1) is 0 Å². The van der Waals surface area contributed by atoms with Gasteiger partial charge in [-0.2, -0.15) is 0 Å². The van der Waals surface area contributed by atoms with Gasteiger partial charge in [0.1, 0.15) is 11.7 Å². The molecule has 0 amide bonds. The van der Waals surface area contributed by atoms with Crippen LogP contribution in [0.3, 0.4) is 0 Å². The van der Waals surface area contributed by atoms with Gasteiger partial charge in [-0.05, 0) is 17.5 Å². The summed E-state index contributed by atoms with van der Waals surface area (Å²) in [5, 5.41) is 0. The first-order valence-corrected chi connectivity index (χ1v) is 6.47. The van der Waals surface area contributed by atoms with Crippen LogP contribution in [0.4, 0.5) is 0 Å². The predicted molar refractivity (Wildman–Crippen MR) is 73.3 cm³/mol. The second-order valence-electron chi connectivity index (χ2n) is 4.83. The van der Waals surface area contributed by atoms with Crippen molar-refractivity contribution in [3.8, 4) is 0 Å². The lowest BCUT2D eigenvalue weighted by molar-refractivity contribution is -0.119. The number of aryl methyl sites for hydroxylation is 1. The molecule has 2 aromatic rings. The Morgan fingerprint density at radius 1 is 0.895 bits per heavy atom. The van der Waals surface area contributed by atoms with Gasteiger partial charge in [0.2, 0.25) is 0 Å². The Labute approximate surface area is 112 Å². The lowest BCUT2D eigenvalue weighted by Gasteiger charge is -2.23. The lowest BCUT2D eigenvalue weighted by Crippen LogP contribution is -2.27. The van der Waals surface area contributed by atoms with Gasteiger partial charge in [-0.15, -0.1) is 0 Å². The van der Waals surface area contributed by atoms with Crippen molar-refractivity contribution in [3.63, 3.8) is 0 Å². The molecule has 0 radical (unpaired) electrons. The van der Waals surface area contributed by atoms with Gasteiger partial charge in [-0.1, -0.05) is 54.6 Å². The third-order valence-electron chi connectivity index (χ3n) is 3.65. The quantitative estimate of drug-likeness (QED) is 0.606. The summed E-state index contributed by atoms with van der Waals surface area (Å²) in [6.07, 6.45) is 1.20. The van der Waals surface area contributed by atoms with E-state index >= 15 is 0 Å². The maximum Gasteiger partial charge on any atom is 0.177 e. The van der Waals surface area contributed by atoms with Crippen molar-refractivity contribution in [3.05, 3.63) is 71.3 Å². The summed E-state index contributed by atoms with van der Waals surface area (Å²) in [6, 6.07) is 16.8. The van der Waals surface area contributed by atoms with Crippen LogP contribution >= 0.6 is 0 Å². The second kappa shape index (κ2) is 4.81. The third kappa shape index (κ3) is 2.10. The molecule has 3 rings (SSSR count). The first-order valence-electron chi connectivity index (χ1n) is 6.47. The van der Waals surface area contributed by atoms with E-state index in [9.17, 15) is 9.59 Å². The van der Waals surface area contributed by atoms with Gasteiger partial charge in [0.15, 0.2) is 5.78 Å². The maximum absolute atomic E-state index is 12.6. The zero-order valence-corrected chi connectivity index (χ0v) is 10.5. The van der Waals surface area contributed by atoms with Gasteiger partial charge >= 0.3 is 0 Å². The van der Waals surface area contributed by atoms with Gasteiger partial charge in [0, 0.05) is 12.0 Å². The molecule has 19 heavy (non-hydrogen) atoms. The van der Waals surface area contributed by atoms with Gasteiger partial charge in [0.25, 0.3) is 0 Å². The van der Waals surface area contributed by atoms with Gasteiger partial charge in [-0.3, -0.25) is 9.59 Å². The number of rotatable bonds is 2. The number of benzene rings is 2. The second-order valence-corrected chi connectivity index (χ2v) is 4.83. The average molecular weight is 250 g/mol. The van der Waals surface area contributed by atoms with Crippen LogP contribution < -0.4 is 0 Å². The fourth-order valence-electron chi connectivity index (χ4n) is 2.68. The molecule has 0 heterocycles. The Morgan fingerprint density at radius 2 is 1.58 bits per heavy atom. The van der Waals surface area contributed by atoms with Crippen LogP contribution in [0.2, 0.25) is 0 Å². The topological polar surface area (TPSA) is 34.1 Å². The van der Waals surface area contributed by atoms with Crippen molar-refractivity contribution >= 4 is 11.6 Å². The molecule has 0 saturated carbocycles. The maximum atomic E-state index is 12.6. The van der Waals surface area contributed by atoms with E-state index in [-0.39, 0.29) is 11.6 Å². The molecule has 2 aromatic carbocycles. The fourth-order valence-corrected chi connectivity index (χ4v) is 2.68. The minimum absolute atomic E-state index is 0.0348. The number of carbonyl (C=O) groups excluding carboxylic acids is 2. The summed E-state index contributed by atoms with van der Waals surface area (Å²) >= 11 is 0. The van der Waals surface area contributed by atoms with Crippen molar-refractivity contribution in [2.24, 2.45) is 0 Å². The van der Waals surface area contributed by atoms with Gasteiger partial charge in [0.05, 0.1) is 0 Å². The van der Waals surface area contributed by atoms with Crippen LogP contribution in [0.5, 0.6) is 0 Å². The van der Waals surface area contributed by atoms with Crippen molar-refractivity contribution in [1.82, 2.24) is 0 Å². The van der Waals surface area contributed by atoms with E-state index in [1.807, 2.05) is 42.5 Å². The van der Waals surface area contributed by atoms with Crippen LogP contribution in [-0.4, -0.2) is 11.6 Å². The van der Waals surface area contributed by atoms with E-state index in [1.54, 1.807) is 12.1 Å². The Morgan fingerprint density at radius 3 is 2.37 bits per heavy atom. The Kier molecular flexibility index (Phi) is 3.00. The highest BCUT2D eigenvalue weighted by Gasteiger charge is 2.33. The normalized spacial score (nSPS) is 17.9. The van der Waals surface area contributed by atoms with Crippen LogP contribution in [0.25, 0.3) is 0 Å². The van der Waals surface area contributed by atoms with Gasteiger partial charge < -0.3 is 0 Å². The summed E-state index contributed by atoms with van der Waals surface area (Å²) in [5.41, 5.74) is 2.61. The van der Waals surface area contributed by atoms with Gasteiger partial charge in [-0.25, -0.2) is 0 Å². The van der Waals surface area contributed by atoms with E-state index in [0.717, 1.165) is 17.5 Å². The molecule has 0 aromatic heterocycles. The summed E-state index contributed by atoms with van der Waals surface area (Å²) in [4.78, 5) is 24.7. The van der Waals surface area contributed by atoms with Crippen molar-refractivity contribution in [2.45, 2.75) is 18.8 Å². The van der Waals surface area contributed by atoms with Crippen molar-refractivity contribution in [2.75, 3.05) is 0 Å². The first-order chi connectivity index (χ1) is 9.27. The van der Waals surface area contributed by atoms with Crippen LogP contribution in [0.15, 0.2) is 54.6 Å². The summed E-state index contributed by atoms with van der Waals surface area (Å²) < 4.78 is 0. The molecule has 0 spiro atoms. The molecule has 1 aliphatic carbocycles. The molecule has 0 bridgehead atoms. The van der Waals surface area contributed by atoms with E-state index in [0.29, 0.717) is 12.0 Å². The Balaban J connectivity index is 2.05. The highest BCUT2D eigenvalue weighted by atomic mass is 16.1. The first kappa shape index (κ1) is 11.8. The monoisotopic (exact) mass is 250 g/mol. The molecule has 1 aliphatic rings. The fraction of sp³-hybridized carbons (Fsp3) is 0.176. The lowest BCUT2D eigenvalue weighted by atomic mass is 9.78. The third-order valence-corrected chi connectivity index (χ3v) is 3.65. The minimum atomic E-state index is -0.618. The largest absolute Gasteiger partial charge is 0.298 e. The standard InChI is InChI=1S/C17H14O2/c18-15-11-10-12-6-4-5-9-14(12)16(15)17(19)13-7-2-1-3-8-13/h1-9,16H,10-11H2. The molecule has 2 nitrogen and oxygen atoms in total. The SMILES string of the molecule is O=C1CCc2ccccc2C1C(=O)c1ccccc1. The predicted octanol–water partition coefficient (Wildman–Crippen LogP) is 3.17. The highest BCUT2D eigenvalue weighted by molar-refractivity contribution is 6.15. The molecule has 1 atom stereocenters. The minimum Gasteiger partial charge on any atom is -0.298 e. The van der Waals surface area contributed by atoms with Crippen molar-refractivity contribution < 1.29 is 9.59 Å². The highest BCUT2D eigenvalue weighted by Crippen LogP contribution is 2.31. The molecular formula is C17H14O2. The smallest absolute Gasteiger partial charge is 0.177 e. The molecule has 0 fully saturated rings. The Hall–Kier alpha value is -2.22. The van der Waals surface area contributed by atoms with E-state index in [2.05, 4.69) is 0 Å². The van der Waals surface area contributed by atoms with Crippen molar-refractivity contribution in [1.29, 1.82) is 0 Å². The molecule has 0 N–H and O–H groups in total. The zero-order valence-electron chi connectivity index (χ0n) is 10.5. The molecular weight excluding hydrogens is 236 g/mol. The van der Waals surface area contributed by atoms with E-state index in [4.69, 9.17) is 0 Å². The average Bonchev–Trinajstić information content (AvgIpc) is 2.47. The molecule has 0 saturated heterocycles. The molecule has 0 aliphatic heterocycles. The van der Waals surface area contributed by atoms with Crippen LogP contribution in [0.1, 0.15) is 33.8 Å². The van der Waals surface area contributed by atoms with Crippen LogP contribution in [-0.2, 0) is 11.2 Å². The molecule has 1 unspecified atom stereocenters. The number of carbonyl (C=O) groups is 2. The number of ketones is 2. The zero-order chi connectivity index (χ0) is 13.2. The molecule has 2 heteroatoms.